The fourth-order valence-electron chi connectivity index (χ4n) is 4.24. The van der Waals surface area contributed by atoms with E-state index in [1.807, 2.05) is 30.0 Å². The number of aryl methyl sites for hydroxylation is 2. The van der Waals surface area contributed by atoms with Crippen molar-refractivity contribution in [2.45, 2.75) is 49.2 Å². The third kappa shape index (κ3) is 3.48. The molecule has 0 spiro atoms. The Labute approximate surface area is 187 Å². The zero-order valence-corrected chi connectivity index (χ0v) is 19.3. The van der Waals surface area contributed by atoms with Crippen LogP contribution in [0.15, 0.2) is 39.1 Å². The Morgan fingerprint density at radius 3 is 2.93 bits per heavy atom. The highest BCUT2D eigenvalue weighted by atomic mass is 32.2. The maximum Gasteiger partial charge on any atom is 0.263 e. The van der Waals surface area contributed by atoms with Crippen LogP contribution in [0.1, 0.15) is 30.2 Å². The van der Waals surface area contributed by atoms with E-state index in [0.717, 1.165) is 45.8 Å². The Balaban J connectivity index is 1.43. The van der Waals surface area contributed by atoms with Crippen molar-refractivity contribution in [1.29, 1.82) is 0 Å². The van der Waals surface area contributed by atoms with Gasteiger partial charge in [0, 0.05) is 28.6 Å². The number of carbonyl (C=O) groups excluding carboxylic acids is 1. The molecule has 0 saturated heterocycles. The lowest BCUT2D eigenvalue weighted by Gasteiger charge is -2.28. The number of hydrogen-bond acceptors (Lipinski definition) is 6. The van der Waals surface area contributed by atoms with E-state index >= 15 is 0 Å². The van der Waals surface area contributed by atoms with Gasteiger partial charge in [0.15, 0.2) is 5.16 Å². The number of anilines is 1. The molecule has 5 rings (SSSR count). The van der Waals surface area contributed by atoms with Crippen LogP contribution in [0.5, 0.6) is 0 Å². The highest BCUT2D eigenvalue weighted by Crippen LogP contribution is 2.36. The second kappa shape index (κ2) is 8.40. The molecule has 3 heterocycles. The van der Waals surface area contributed by atoms with E-state index < -0.39 is 0 Å². The van der Waals surface area contributed by atoms with Gasteiger partial charge in [0.25, 0.3) is 5.56 Å². The smallest absolute Gasteiger partial charge is 0.263 e. The lowest BCUT2D eigenvalue weighted by Crippen LogP contribution is -2.36. The Bertz CT molecular complexity index is 1180. The van der Waals surface area contributed by atoms with E-state index in [1.54, 1.807) is 27.7 Å². The van der Waals surface area contributed by atoms with Crippen molar-refractivity contribution in [3.63, 3.8) is 0 Å². The van der Waals surface area contributed by atoms with Crippen LogP contribution in [0.3, 0.4) is 0 Å². The Hall–Kier alpha value is -1.77. The summed E-state index contributed by atoms with van der Waals surface area (Å²) in [6.07, 6.45) is 4.36. The third-order valence-corrected chi connectivity index (χ3v) is 8.90. The van der Waals surface area contributed by atoms with Crippen LogP contribution >= 0.6 is 34.9 Å². The predicted molar refractivity (Wildman–Crippen MR) is 126 cm³/mol. The fourth-order valence-corrected chi connectivity index (χ4v) is 7.48. The summed E-state index contributed by atoms with van der Waals surface area (Å²) < 4.78 is 1.74. The number of amides is 1. The van der Waals surface area contributed by atoms with Gasteiger partial charge in [0.2, 0.25) is 5.91 Å². The fraction of sp³-hybridized carbons (Fsp3) is 0.409. The number of carbonyl (C=O) groups is 1. The van der Waals surface area contributed by atoms with Gasteiger partial charge in [-0.05, 0) is 50.3 Å². The highest BCUT2D eigenvalue weighted by Gasteiger charge is 2.25. The molecular formula is C22H23N3O2S3. The molecule has 1 amide bonds. The van der Waals surface area contributed by atoms with Gasteiger partial charge in [0.05, 0.1) is 16.8 Å². The molecule has 1 aliphatic heterocycles. The molecule has 0 atom stereocenters. The number of nitrogens with zero attached hydrogens (tertiary/aromatic N) is 3. The van der Waals surface area contributed by atoms with Gasteiger partial charge in [-0.15, -0.1) is 23.1 Å². The van der Waals surface area contributed by atoms with Crippen molar-refractivity contribution in [3.05, 3.63) is 45.1 Å². The van der Waals surface area contributed by atoms with Gasteiger partial charge in [-0.1, -0.05) is 23.9 Å². The second-order valence-corrected chi connectivity index (χ2v) is 10.6. The third-order valence-electron chi connectivity index (χ3n) is 5.71. The zero-order valence-electron chi connectivity index (χ0n) is 16.8. The average Bonchev–Trinajstić information content (AvgIpc) is 3.15. The lowest BCUT2D eigenvalue weighted by atomic mass is 9.97. The van der Waals surface area contributed by atoms with Gasteiger partial charge >= 0.3 is 0 Å². The van der Waals surface area contributed by atoms with Crippen LogP contribution in [0.25, 0.3) is 10.2 Å². The molecule has 0 saturated carbocycles. The SMILES string of the molecule is CCn1c(SCC(=O)N2CCSc3ccccc32)nc2sc3c(c2c1=O)CCCC3. The first kappa shape index (κ1) is 20.2. The van der Waals surface area contributed by atoms with Gasteiger partial charge in [-0.25, -0.2) is 4.98 Å². The van der Waals surface area contributed by atoms with Crippen molar-refractivity contribution in [2.75, 3.05) is 23.0 Å². The monoisotopic (exact) mass is 457 g/mol. The number of hydrogen-bond donors (Lipinski definition) is 0. The molecular weight excluding hydrogens is 434 g/mol. The summed E-state index contributed by atoms with van der Waals surface area (Å²) >= 11 is 4.84. The summed E-state index contributed by atoms with van der Waals surface area (Å²) in [6, 6.07) is 8.05. The minimum Gasteiger partial charge on any atom is -0.310 e. The predicted octanol–water partition coefficient (Wildman–Crippen LogP) is 4.59. The van der Waals surface area contributed by atoms with Crippen molar-refractivity contribution in [1.82, 2.24) is 9.55 Å². The standard InChI is InChI=1S/C22H23N3O2S3/c1-2-24-21(27)19-14-7-3-5-9-16(14)30-20(19)23-22(24)29-13-18(26)25-11-12-28-17-10-6-4-8-15(17)25/h4,6,8,10H,2-3,5,7,9,11-13H2,1H3. The molecule has 2 aromatic heterocycles. The van der Waals surface area contributed by atoms with Gasteiger partial charge in [-0.3, -0.25) is 14.2 Å². The van der Waals surface area contributed by atoms with Crippen LogP contribution in [0.2, 0.25) is 0 Å². The molecule has 2 aliphatic rings. The minimum atomic E-state index is 0.0524. The van der Waals surface area contributed by atoms with Gasteiger partial charge in [-0.2, -0.15) is 0 Å². The molecule has 30 heavy (non-hydrogen) atoms. The highest BCUT2D eigenvalue weighted by molar-refractivity contribution is 8.00. The molecule has 0 unspecified atom stereocenters. The molecule has 3 aromatic rings. The quantitative estimate of drug-likeness (QED) is 0.424. The first-order valence-electron chi connectivity index (χ1n) is 10.4. The van der Waals surface area contributed by atoms with Crippen LogP contribution in [0.4, 0.5) is 5.69 Å². The van der Waals surface area contributed by atoms with Gasteiger partial charge in [0.1, 0.15) is 4.83 Å². The lowest BCUT2D eigenvalue weighted by molar-refractivity contribution is -0.116. The number of aromatic nitrogens is 2. The Kier molecular flexibility index (Phi) is 5.64. The maximum absolute atomic E-state index is 13.2. The van der Waals surface area contributed by atoms with Gasteiger partial charge < -0.3 is 4.90 Å². The minimum absolute atomic E-state index is 0.0524. The number of thiophene rings is 1. The molecule has 8 heteroatoms. The largest absolute Gasteiger partial charge is 0.310 e. The van der Waals surface area contributed by atoms with E-state index in [-0.39, 0.29) is 17.2 Å². The first-order chi connectivity index (χ1) is 14.7. The topological polar surface area (TPSA) is 55.2 Å². The molecule has 156 valence electrons. The number of benzene rings is 1. The molecule has 0 bridgehead atoms. The number of para-hydroxylation sites is 1. The zero-order chi connectivity index (χ0) is 20.7. The second-order valence-electron chi connectivity index (χ2n) is 7.49. The molecule has 5 nitrogen and oxygen atoms in total. The number of fused-ring (bicyclic) bond motifs is 4. The summed E-state index contributed by atoms with van der Waals surface area (Å²) in [5.74, 6) is 1.25. The molecule has 1 aromatic carbocycles. The van der Waals surface area contributed by atoms with Crippen molar-refractivity contribution in [2.24, 2.45) is 0 Å². The Morgan fingerprint density at radius 2 is 2.07 bits per heavy atom. The van der Waals surface area contributed by atoms with E-state index in [4.69, 9.17) is 4.98 Å². The number of thioether (sulfide) groups is 2. The van der Waals surface area contributed by atoms with Crippen LogP contribution < -0.4 is 10.5 Å². The molecule has 0 radical (unpaired) electrons. The molecule has 1 aliphatic carbocycles. The summed E-state index contributed by atoms with van der Waals surface area (Å²) in [5.41, 5.74) is 2.26. The van der Waals surface area contributed by atoms with Crippen LogP contribution in [-0.4, -0.2) is 33.5 Å². The first-order valence-corrected chi connectivity index (χ1v) is 13.2. The van der Waals surface area contributed by atoms with Crippen molar-refractivity contribution in [3.8, 4) is 0 Å². The van der Waals surface area contributed by atoms with Crippen molar-refractivity contribution >= 4 is 56.7 Å². The average molecular weight is 458 g/mol. The normalized spacial score (nSPS) is 15.8. The summed E-state index contributed by atoms with van der Waals surface area (Å²) in [7, 11) is 0. The van der Waals surface area contributed by atoms with E-state index in [0.29, 0.717) is 18.2 Å². The van der Waals surface area contributed by atoms with E-state index in [9.17, 15) is 9.59 Å². The Morgan fingerprint density at radius 1 is 1.23 bits per heavy atom. The van der Waals surface area contributed by atoms with Crippen LogP contribution in [0, 0.1) is 0 Å². The molecule has 0 fully saturated rings. The van der Waals surface area contributed by atoms with Crippen molar-refractivity contribution < 1.29 is 4.79 Å². The summed E-state index contributed by atoms with van der Waals surface area (Å²) in [6.45, 7) is 3.25. The number of rotatable bonds is 4. The maximum atomic E-state index is 13.2. The molecule has 0 N–H and O–H groups in total. The van der Waals surface area contributed by atoms with Crippen LogP contribution in [-0.2, 0) is 24.2 Å². The summed E-state index contributed by atoms with van der Waals surface area (Å²) in [4.78, 5) is 36.3. The summed E-state index contributed by atoms with van der Waals surface area (Å²) in [5, 5.41) is 1.47. The van der Waals surface area contributed by atoms with E-state index in [1.165, 1.54) is 28.6 Å². The van der Waals surface area contributed by atoms with E-state index in [2.05, 4.69) is 6.07 Å².